The van der Waals surface area contributed by atoms with Gasteiger partial charge in [-0.05, 0) is 30.4 Å². The van der Waals surface area contributed by atoms with Gasteiger partial charge in [0.1, 0.15) is 5.75 Å². The Labute approximate surface area is 114 Å². The molecule has 0 saturated heterocycles. The molecule has 0 bridgehead atoms. The molecule has 0 spiro atoms. The molecule has 0 aliphatic heterocycles. The van der Waals surface area contributed by atoms with Crippen molar-refractivity contribution < 1.29 is 9.00 Å². The summed E-state index contributed by atoms with van der Waals surface area (Å²) in [5.74, 6) is 0.896. The van der Waals surface area contributed by atoms with Gasteiger partial charge in [0.2, 0.25) is 5.91 Å². The Morgan fingerprint density at radius 2 is 2.11 bits per heavy atom. The van der Waals surface area contributed by atoms with Gasteiger partial charge in [-0.2, -0.15) is 0 Å². The second kappa shape index (κ2) is 6.34. The first-order valence-electron chi connectivity index (χ1n) is 6.00. The Kier molecular flexibility index (Phi) is 4.78. The van der Waals surface area contributed by atoms with Gasteiger partial charge in [-0.1, -0.05) is 29.8 Å². The van der Waals surface area contributed by atoms with Crippen LogP contribution in [0, 0.1) is 5.92 Å². The Hall–Kier alpha value is -0.870. The van der Waals surface area contributed by atoms with E-state index in [2.05, 4.69) is 5.32 Å². The van der Waals surface area contributed by atoms with Crippen molar-refractivity contribution >= 4 is 28.3 Å². The molecule has 1 fully saturated rings. The number of benzene rings is 1. The first kappa shape index (κ1) is 13.6. The molecule has 1 aromatic rings. The van der Waals surface area contributed by atoms with Gasteiger partial charge < -0.3 is 5.32 Å². The quantitative estimate of drug-likeness (QED) is 0.870. The summed E-state index contributed by atoms with van der Waals surface area (Å²) in [6, 6.07) is 7.28. The highest BCUT2D eigenvalue weighted by molar-refractivity contribution is 7.84. The summed E-state index contributed by atoms with van der Waals surface area (Å²) in [6.07, 6.45) is 2.39. The maximum atomic E-state index is 11.8. The zero-order valence-corrected chi connectivity index (χ0v) is 11.6. The second-order valence-electron chi connectivity index (χ2n) is 4.57. The lowest BCUT2D eigenvalue weighted by atomic mass is 10.2. The van der Waals surface area contributed by atoms with Gasteiger partial charge in [0.25, 0.3) is 0 Å². The number of carbonyl (C=O) groups excluding carboxylic acids is 1. The van der Waals surface area contributed by atoms with Gasteiger partial charge >= 0.3 is 0 Å². The monoisotopic (exact) mass is 285 g/mol. The van der Waals surface area contributed by atoms with Crippen LogP contribution >= 0.6 is 11.6 Å². The molecule has 0 aromatic heterocycles. The van der Waals surface area contributed by atoms with Crippen molar-refractivity contribution in [1.82, 2.24) is 5.32 Å². The van der Waals surface area contributed by atoms with Gasteiger partial charge in [0, 0.05) is 22.4 Å². The van der Waals surface area contributed by atoms with E-state index in [0.29, 0.717) is 16.7 Å². The molecule has 1 amide bonds. The molecule has 1 atom stereocenters. The van der Waals surface area contributed by atoms with Crippen LogP contribution in [0.3, 0.4) is 0 Å². The third-order valence-corrected chi connectivity index (χ3v) is 4.44. The minimum absolute atomic E-state index is 0.0535. The van der Waals surface area contributed by atoms with Crippen LogP contribution < -0.4 is 5.32 Å². The summed E-state index contributed by atoms with van der Waals surface area (Å²) < 4.78 is 11.8. The Balaban J connectivity index is 1.77. The SMILES string of the molecule is O=C(C[S@@](=O)Cc1ccccc1Cl)NCC1CC1. The van der Waals surface area contributed by atoms with Crippen molar-refractivity contribution in [3.8, 4) is 0 Å². The van der Waals surface area contributed by atoms with E-state index in [1.54, 1.807) is 6.07 Å². The molecule has 3 nitrogen and oxygen atoms in total. The summed E-state index contributed by atoms with van der Waals surface area (Å²) in [7, 11) is -1.20. The van der Waals surface area contributed by atoms with Gasteiger partial charge in [-0.15, -0.1) is 0 Å². The molecule has 1 saturated carbocycles. The number of halogens is 1. The fraction of sp³-hybridized carbons (Fsp3) is 0.462. The molecule has 5 heteroatoms. The van der Waals surface area contributed by atoms with E-state index in [-0.39, 0.29) is 11.7 Å². The van der Waals surface area contributed by atoms with E-state index in [1.165, 1.54) is 12.8 Å². The van der Waals surface area contributed by atoms with E-state index < -0.39 is 10.8 Å². The molecule has 0 radical (unpaired) electrons. The number of hydrogen-bond donors (Lipinski definition) is 1. The Morgan fingerprint density at radius 1 is 1.39 bits per heavy atom. The van der Waals surface area contributed by atoms with E-state index >= 15 is 0 Å². The molecule has 98 valence electrons. The molecule has 2 rings (SSSR count). The lowest BCUT2D eigenvalue weighted by Crippen LogP contribution is -2.30. The first-order valence-corrected chi connectivity index (χ1v) is 7.87. The smallest absolute Gasteiger partial charge is 0.232 e. The van der Waals surface area contributed by atoms with Crippen LogP contribution in [0.2, 0.25) is 5.02 Å². The van der Waals surface area contributed by atoms with Gasteiger partial charge in [-0.3, -0.25) is 9.00 Å². The summed E-state index contributed by atoms with van der Waals surface area (Å²) in [6.45, 7) is 0.724. The van der Waals surface area contributed by atoms with Gasteiger partial charge in [0.05, 0.1) is 5.75 Å². The van der Waals surface area contributed by atoms with Crippen LogP contribution in [0.5, 0.6) is 0 Å². The number of nitrogens with one attached hydrogen (secondary N) is 1. The third-order valence-electron chi connectivity index (χ3n) is 2.85. The number of carbonyl (C=O) groups is 1. The lowest BCUT2D eigenvalue weighted by Gasteiger charge is -2.05. The summed E-state index contributed by atoms with van der Waals surface area (Å²) in [5, 5.41) is 3.41. The van der Waals surface area contributed by atoms with E-state index in [1.807, 2.05) is 18.2 Å². The predicted molar refractivity (Wildman–Crippen MR) is 73.9 cm³/mol. The third kappa shape index (κ3) is 4.42. The van der Waals surface area contributed by atoms with Crippen LogP contribution in [0.1, 0.15) is 18.4 Å². The highest BCUT2D eigenvalue weighted by atomic mass is 35.5. The van der Waals surface area contributed by atoms with Crippen molar-refractivity contribution in [2.45, 2.75) is 18.6 Å². The second-order valence-corrected chi connectivity index (χ2v) is 6.43. The van der Waals surface area contributed by atoms with Gasteiger partial charge in [0.15, 0.2) is 0 Å². The van der Waals surface area contributed by atoms with Crippen molar-refractivity contribution in [2.75, 3.05) is 12.3 Å². The molecular weight excluding hydrogens is 270 g/mol. The van der Waals surface area contributed by atoms with Crippen molar-refractivity contribution in [2.24, 2.45) is 5.92 Å². The first-order chi connectivity index (χ1) is 8.65. The highest BCUT2D eigenvalue weighted by Gasteiger charge is 2.21. The average Bonchev–Trinajstić information content (AvgIpc) is 3.13. The highest BCUT2D eigenvalue weighted by Crippen LogP contribution is 2.27. The predicted octanol–water partition coefficient (Wildman–Crippen LogP) is 2.11. The van der Waals surface area contributed by atoms with Crippen LogP contribution in [0.4, 0.5) is 0 Å². The fourth-order valence-corrected chi connectivity index (χ4v) is 2.99. The molecule has 1 aliphatic carbocycles. The van der Waals surface area contributed by atoms with Crippen LogP contribution in [0.15, 0.2) is 24.3 Å². The Morgan fingerprint density at radius 3 is 2.78 bits per heavy atom. The largest absolute Gasteiger partial charge is 0.355 e. The summed E-state index contributed by atoms with van der Waals surface area (Å²) in [5.41, 5.74) is 0.826. The van der Waals surface area contributed by atoms with E-state index in [9.17, 15) is 9.00 Å². The lowest BCUT2D eigenvalue weighted by molar-refractivity contribution is -0.118. The minimum atomic E-state index is -1.20. The van der Waals surface area contributed by atoms with Crippen LogP contribution in [0.25, 0.3) is 0 Å². The topological polar surface area (TPSA) is 46.2 Å². The number of rotatable bonds is 6. The summed E-state index contributed by atoms with van der Waals surface area (Å²) in [4.78, 5) is 11.5. The van der Waals surface area contributed by atoms with Gasteiger partial charge in [-0.25, -0.2) is 0 Å². The van der Waals surface area contributed by atoms with Crippen molar-refractivity contribution in [3.05, 3.63) is 34.9 Å². The number of amides is 1. The standard InChI is InChI=1S/C13H16ClNO2S/c14-12-4-2-1-3-11(12)8-18(17)9-13(16)15-7-10-5-6-10/h1-4,10H,5-9H2,(H,15,16)/t18-/m0/s1. The molecule has 1 aromatic carbocycles. The van der Waals surface area contributed by atoms with Crippen molar-refractivity contribution in [1.29, 1.82) is 0 Å². The zero-order valence-electron chi connectivity index (χ0n) is 10.0. The van der Waals surface area contributed by atoms with Crippen LogP contribution in [-0.4, -0.2) is 22.4 Å². The number of hydrogen-bond acceptors (Lipinski definition) is 2. The molecule has 1 aliphatic rings. The molecular formula is C13H16ClNO2S. The van der Waals surface area contributed by atoms with Crippen molar-refractivity contribution in [3.63, 3.8) is 0 Å². The molecule has 0 unspecified atom stereocenters. The minimum Gasteiger partial charge on any atom is -0.355 e. The molecule has 1 N–H and O–H groups in total. The van der Waals surface area contributed by atoms with E-state index in [4.69, 9.17) is 11.6 Å². The maximum Gasteiger partial charge on any atom is 0.232 e. The van der Waals surface area contributed by atoms with Crippen LogP contribution in [-0.2, 0) is 21.3 Å². The molecule has 0 heterocycles. The maximum absolute atomic E-state index is 11.8. The average molecular weight is 286 g/mol. The summed E-state index contributed by atoms with van der Waals surface area (Å²) >= 11 is 5.98. The Bertz CT molecular complexity index is 460. The molecule has 18 heavy (non-hydrogen) atoms. The fourth-order valence-electron chi connectivity index (χ4n) is 1.62. The normalized spacial score (nSPS) is 16.3. The van der Waals surface area contributed by atoms with E-state index in [0.717, 1.165) is 12.1 Å². The zero-order chi connectivity index (χ0) is 13.0.